The molecule has 1 rings (SSSR count). The van der Waals surface area contributed by atoms with Gasteiger partial charge in [-0.25, -0.2) is 0 Å². The zero-order valence-corrected chi connectivity index (χ0v) is 8.69. The molecule has 0 N–H and O–H groups in total. The molecule has 0 spiro atoms. The van der Waals surface area contributed by atoms with E-state index in [0.29, 0.717) is 21.9 Å². The molecule has 4 heteroatoms. The van der Waals surface area contributed by atoms with Crippen LogP contribution in [0.1, 0.15) is 10.4 Å². The lowest BCUT2D eigenvalue weighted by Gasteiger charge is -2.00. The van der Waals surface area contributed by atoms with E-state index in [1.807, 2.05) is 14.1 Å². The van der Waals surface area contributed by atoms with Crippen molar-refractivity contribution in [1.29, 1.82) is 0 Å². The average molecular weight is 214 g/mol. The van der Waals surface area contributed by atoms with E-state index >= 15 is 0 Å². The highest BCUT2D eigenvalue weighted by molar-refractivity contribution is 6.43. The Hall–Kier alpha value is -0.465. The molecule has 1 aromatic rings. The summed E-state index contributed by atoms with van der Waals surface area (Å²) in [6.45, 7) is 1.84. The second kappa shape index (κ2) is 4.68. The summed E-state index contributed by atoms with van der Waals surface area (Å²) in [5, 5.41) is 0.891. The Balaban J connectivity index is 2.90. The van der Waals surface area contributed by atoms with Crippen LogP contribution in [0.3, 0.4) is 0 Å². The molecule has 0 saturated heterocycles. The van der Waals surface area contributed by atoms with Crippen LogP contribution in [-0.2, 0) is 0 Å². The van der Waals surface area contributed by atoms with Crippen LogP contribution in [0, 0.1) is 0 Å². The third kappa shape index (κ3) is 2.75. The van der Waals surface area contributed by atoms with Gasteiger partial charge in [0.15, 0.2) is 5.78 Å². The molecular weight excluding hydrogens is 206 g/mol. The van der Waals surface area contributed by atoms with E-state index in [0.717, 1.165) is 0 Å². The second-order valence-corrected chi connectivity index (χ2v) is 3.48. The number of hydrogen-bond donors (Lipinski definition) is 0. The molecule has 0 atom stereocenters. The summed E-state index contributed by atoms with van der Waals surface area (Å²) in [7, 11) is 1.81. The van der Waals surface area contributed by atoms with Crippen LogP contribution in [0.4, 0.5) is 0 Å². The number of ketones is 1. The summed E-state index contributed by atoms with van der Waals surface area (Å²) < 4.78 is 0. The number of carbonyl (C=O) groups excluding carboxylic acids is 1. The van der Waals surface area contributed by atoms with E-state index in [1.165, 1.54) is 0 Å². The minimum absolute atomic E-state index is 0.0565. The molecule has 0 amide bonds. The maximum absolute atomic E-state index is 11.4. The fraction of sp³-hybridized carbons (Fsp3) is 0.222. The summed E-state index contributed by atoms with van der Waals surface area (Å²) in [6, 6.07) is 4.91. The lowest BCUT2D eigenvalue weighted by Crippen LogP contribution is -2.00. The summed E-state index contributed by atoms with van der Waals surface area (Å²) in [6.07, 6.45) is 0.429. The number of benzene rings is 1. The molecule has 0 aliphatic carbocycles. The monoisotopic (exact) mass is 213 g/mol. The highest BCUT2D eigenvalue weighted by atomic mass is 35.5. The fourth-order valence-corrected chi connectivity index (χ4v) is 1.27. The molecule has 0 bridgehead atoms. The first-order valence-corrected chi connectivity index (χ1v) is 4.67. The van der Waals surface area contributed by atoms with Gasteiger partial charge in [0.1, 0.15) is 7.28 Å². The zero-order valence-electron chi connectivity index (χ0n) is 7.18. The van der Waals surface area contributed by atoms with E-state index in [9.17, 15) is 4.79 Å². The number of halogens is 2. The van der Waals surface area contributed by atoms with Crippen molar-refractivity contribution >= 4 is 36.3 Å². The van der Waals surface area contributed by atoms with Gasteiger partial charge in [0, 0.05) is 5.56 Å². The summed E-state index contributed by atoms with van der Waals surface area (Å²) in [5.41, 5.74) is 0.604. The molecule has 0 fully saturated rings. The SMILES string of the molecule is C[B]CC(=O)c1ccc(Cl)c(Cl)c1. The van der Waals surface area contributed by atoms with E-state index in [1.54, 1.807) is 18.2 Å². The Morgan fingerprint density at radius 2 is 2.08 bits per heavy atom. The van der Waals surface area contributed by atoms with E-state index in [2.05, 4.69) is 0 Å². The van der Waals surface area contributed by atoms with Crippen molar-refractivity contribution in [2.24, 2.45) is 0 Å². The highest BCUT2D eigenvalue weighted by Crippen LogP contribution is 2.23. The summed E-state index contributed by atoms with van der Waals surface area (Å²) in [4.78, 5) is 11.4. The van der Waals surface area contributed by atoms with Crippen molar-refractivity contribution in [3.8, 4) is 0 Å². The van der Waals surface area contributed by atoms with E-state index in [4.69, 9.17) is 23.2 Å². The van der Waals surface area contributed by atoms with Crippen LogP contribution in [0.5, 0.6) is 0 Å². The van der Waals surface area contributed by atoms with Gasteiger partial charge in [-0.2, -0.15) is 0 Å². The molecule has 0 aliphatic rings. The van der Waals surface area contributed by atoms with Gasteiger partial charge in [-0.3, -0.25) is 4.79 Å². The maximum Gasteiger partial charge on any atom is 0.155 e. The maximum atomic E-state index is 11.4. The van der Waals surface area contributed by atoms with Crippen LogP contribution in [0.15, 0.2) is 18.2 Å². The molecule has 0 unspecified atom stereocenters. The van der Waals surface area contributed by atoms with Crippen LogP contribution in [0.25, 0.3) is 0 Å². The quantitative estimate of drug-likeness (QED) is 0.556. The summed E-state index contributed by atoms with van der Waals surface area (Å²) in [5.74, 6) is 0.0565. The van der Waals surface area contributed by atoms with Crippen molar-refractivity contribution in [2.75, 3.05) is 0 Å². The van der Waals surface area contributed by atoms with Crippen LogP contribution in [-0.4, -0.2) is 13.1 Å². The number of carbonyl (C=O) groups is 1. The van der Waals surface area contributed by atoms with Crippen molar-refractivity contribution in [1.82, 2.24) is 0 Å². The van der Waals surface area contributed by atoms with Crippen LogP contribution < -0.4 is 0 Å². The van der Waals surface area contributed by atoms with Gasteiger partial charge >= 0.3 is 0 Å². The Morgan fingerprint density at radius 3 is 2.62 bits per heavy atom. The zero-order chi connectivity index (χ0) is 9.84. The number of hydrogen-bond acceptors (Lipinski definition) is 1. The lowest BCUT2D eigenvalue weighted by molar-refractivity contribution is 0.101. The molecule has 0 aromatic heterocycles. The molecule has 13 heavy (non-hydrogen) atoms. The van der Waals surface area contributed by atoms with Gasteiger partial charge < -0.3 is 0 Å². The van der Waals surface area contributed by atoms with Crippen molar-refractivity contribution in [3.63, 3.8) is 0 Å². The van der Waals surface area contributed by atoms with Gasteiger partial charge in [0.2, 0.25) is 0 Å². The Kier molecular flexibility index (Phi) is 3.82. The Labute approximate surface area is 88.3 Å². The third-order valence-electron chi connectivity index (χ3n) is 1.63. The molecule has 67 valence electrons. The molecular formula is C9H8BCl2O. The largest absolute Gasteiger partial charge is 0.295 e. The first-order chi connectivity index (χ1) is 6.15. The summed E-state index contributed by atoms with van der Waals surface area (Å²) >= 11 is 11.5. The first kappa shape index (κ1) is 10.6. The van der Waals surface area contributed by atoms with Crippen molar-refractivity contribution in [3.05, 3.63) is 33.8 Å². The van der Waals surface area contributed by atoms with Crippen molar-refractivity contribution in [2.45, 2.75) is 13.1 Å². The fourth-order valence-electron chi connectivity index (χ4n) is 0.973. The Bertz CT molecular complexity index is 325. The topological polar surface area (TPSA) is 17.1 Å². The predicted molar refractivity (Wildman–Crippen MR) is 57.2 cm³/mol. The molecule has 0 saturated carbocycles. The molecule has 0 aliphatic heterocycles. The van der Waals surface area contributed by atoms with Gasteiger partial charge in [-0.05, 0) is 24.5 Å². The molecule has 1 nitrogen and oxygen atoms in total. The van der Waals surface area contributed by atoms with Gasteiger partial charge in [-0.1, -0.05) is 30.0 Å². The van der Waals surface area contributed by atoms with Gasteiger partial charge in [0.25, 0.3) is 0 Å². The Morgan fingerprint density at radius 1 is 1.38 bits per heavy atom. The van der Waals surface area contributed by atoms with E-state index < -0.39 is 0 Å². The first-order valence-electron chi connectivity index (χ1n) is 3.91. The number of rotatable bonds is 3. The lowest BCUT2D eigenvalue weighted by atomic mass is 9.75. The third-order valence-corrected chi connectivity index (χ3v) is 2.37. The van der Waals surface area contributed by atoms with Crippen LogP contribution >= 0.6 is 23.2 Å². The van der Waals surface area contributed by atoms with E-state index in [-0.39, 0.29) is 5.78 Å². The predicted octanol–water partition coefficient (Wildman–Crippen LogP) is 3.35. The smallest absolute Gasteiger partial charge is 0.155 e. The molecule has 1 aromatic carbocycles. The average Bonchev–Trinajstić information content (AvgIpc) is 2.10. The van der Waals surface area contributed by atoms with Crippen molar-refractivity contribution < 1.29 is 4.79 Å². The molecule has 0 heterocycles. The minimum Gasteiger partial charge on any atom is -0.295 e. The molecule has 1 radical (unpaired) electrons. The van der Waals surface area contributed by atoms with Crippen LogP contribution in [0.2, 0.25) is 23.2 Å². The number of Topliss-reactive ketones (excluding diaryl/α,β-unsaturated/α-hetero) is 1. The second-order valence-electron chi connectivity index (χ2n) is 2.66. The van der Waals surface area contributed by atoms with Gasteiger partial charge in [0.05, 0.1) is 10.0 Å². The standard InChI is InChI=1S/C9H8BCl2O/c1-10-5-9(13)6-2-3-7(11)8(12)4-6/h2-4H,5H2,1H3. The van der Waals surface area contributed by atoms with Gasteiger partial charge in [-0.15, -0.1) is 0 Å². The minimum atomic E-state index is 0.0565. The highest BCUT2D eigenvalue weighted by Gasteiger charge is 2.06. The normalized spacial score (nSPS) is 9.77.